The van der Waals surface area contributed by atoms with E-state index in [-0.39, 0.29) is 9.68 Å². The molecule has 0 saturated heterocycles. The fourth-order valence-electron chi connectivity index (χ4n) is 2.39. The standard InChI is InChI=1S/C13H25NSi2/c1-8-9(2)11(4)13(6-7-16-14-15)12(5)10(8)3/h14H,6-7,16H2,1-5,15H3. The van der Waals surface area contributed by atoms with Crippen molar-refractivity contribution < 1.29 is 0 Å². The van der Waals surface area contributed by atoms with E-state index in [1.807, 2.05) is 0 Å². The van der Waals surface area contributed by atoms with Gasteiger partial charge in [0.1, 0.15) is 0 Å². The zero-order valence-electron chi connectivity index (χ0n) is 11.6. The summed E-state index contributed by atoms with van der Waals surface area (Å²) in [6.07, 6.45) is 1.28. The van der Waals surface area contributed by atoms with Gasteiger partial charge in [-0.25, -0.2) is 0 Å². The third kappa shape index (κ3) is 2.65. The van der Waals surface area contributed by atoms with Gasteiger partial charge in [0.05, 0.1) is 20.1 Å². The molecule has 0 saturated carbocycles. The first-order valence-corrected chi connectivity index (χ1v) is 8.91. The van der Waals surface area contributed by atoms with E-state index >= 15 is 0 Å². The van der Waals surface area contributed by atoms with E-state index in [2.05, 4.69) is 39.3 Å². The number of rotatable bonds is 4. The van der Waals surface area contributed by atoms with Crippen molar-refractivity contribution in [2.45, 2.75) is 47.1 Å². The van der Waals surface area contributed by atoms with Crippen LogP contribution in [-0.2, 0) is 6.42 Å². The first-order valence-electron chi connectivity index (χ1n) is 6.21. The Morgan fingerprint density at radius 3 is 1.75 bits per heavy atom. The lowest BCUT2D eigenvalue weighted by molar-refractivity contribution is 1.02. The molecule has 1 aromatic carbocycles. The minimum Gasteiger partial charge on any atom is -0.372 e. The first kappa shape index (κ1) is 13.7. The van der Waals surface area contributed by atoms with Crippen molar-refractivity contribution in [3.05, 3.63) is 33.4 Å². The summed E-state index contributed by atoms with van der Waals surface area (Å²) in [6, 6.07) is 1.40. The molecule has 1 rings (SSSR count). The van der Waals surface area contributed by atoms with Crippen LogP contribution in [0.5, 0.6) is 0 Å². The Bertz CT molecular complexity index is 357. The molecule has 0 aliphatic rings. The summed E-state index contributed by atoms with van der Waals surface area (Å²) in [5.74, 6) is 0. The van der Waals surface area contributed by atoms with Crippen molar-refractivity contribution in [2.24, 2.45) is 0 Å². The van der Waals surface area contributed by atoms with Gasteiger partial charge in [-0.2, -0.15) is 0 Å². The molecule has 0 aliphatic carbocycles. The maximum absolute atomic E-state index is 3.50. The zero-order chi connectivity index (χ0) is 12.3. The molecule has 0 unspecified atom stereocenters. The van der Waals surface area contributed by atoms with Gasteiger partial charge >= 0.3 is 0 Å². The Kier molecular flexibility index (Phi) is 4.96. The molecule has 1 N–H and O–H groups in total. The molecule has 0 spiro atoms. The number of hydrogen-bond acceptors (Lipinski definition) is 1. The van der Waals surface area contributed by atoms with Crippen molar-refractivity contribution >= 4 is 20.1 Å². The normalized spacial score (nSPS) is 11.8. The summed E-state index contributed by atoms with van der Waals surface area (Å²) < 4.78 is 3.50. The zero-order valence-corrected chi connectivity index (χ0v) is 15.0. The monoisotopic (exact) mass is 251 g/mol. The molecule has 1 nitrogen and oxygen atoms in total. The summed E-state index contributed by atoms with van der Waals surface area (Å²) in [5, 5.41) is 0. The second-order valence-corrected chi connectivity index (χ2v) is 8.85. The lowest BCUT2D eigenvalue weighted by atomic mass is 9.88. The Balaban J connectivity index is 3.08. The van der Waals surface area contributed by atoms with Gasteiger partial charge in [-0.15, -0.1) is 0 Å². The van der Waals surface area contributed by atoms with Gasteiger partial charge < -0.3 is 4.65 Å². The second kappa shape index (κ2) is 5.80. The summed E-state index contributed by atoms with van der Waals surface area (Å²) in [4.78, 5) is 0. The Morgan fingerprint density at radius 1 is 0.875 bits per heavy atom. The number of nitrogens with one attached hydrogen (secondary N) is 1. The Morgan fingerprint density at radius 2 is 1.31 bits per heavy atom. The highest BCUT2D eigenvalue weighted by molar-refractivity contribution is 6.41. The molecule has 16 heavy (non-hydrogen) atoms. The molecule has 0 heterocycles. The van der Waals surface area contributed by atoms with Crippen molar-refractivity contribution in [1.29, 1.82) is 0 Å². The van der Waals surface area contributed by atoms with Gasteiger partial charge in [0.25, 0.3) is 0 Å². The Labute approximate surface area is 105 Å². The summed E-state index contributed by atoms with van der Waals surface area (Å²) in [7, 11) is 1.19. The highest BCUT2D eigenvalue weighted by Gasteiger charge is 2.11. The summed E-state index contributed by atoms with van der Waals surface area (Å²) in [6.45, 7) is 11.4. The summed E-state index contributed by atoms with van der Waals surface area (Å²) in [5.41, 5.74) is 9.16. The third-order valence-corrected chi connectivity index (χ3v) is 6.72. The average molecular weight is 252 g/mol. The molecule has 90 valence electrons. The minimum absolute atomic E-state index is 0.0234. The molecular formula is C13H25NSi2. The predicted molar refractivity (Wildman–Crippen MR) is 80.3 cm³/mol. The van der Waals surface area contributed by atoms with E-state index in [0.717, 1.165) is 0 Å². The van der Waals surface area contributed by atoms with E-state index in [9.17, 15) is 0 Å². The topological polar surface area (TPSA) is 12.0 Å². The second-order valence-electron chi connectivity index (χ2n) is 4.81. The summed E-state index contributed by atoms with van der Waals surface area (Å²) >= 11 is 0. The van der Waals surface area contributed by atoms with E-state index in [1.54, 1.807) is 5.56 Å². The van der Waals surface area contributed by atoms with Crippen LogP contribution in [0.25, 0.3) is 0 Å². The largest absolute Gasteiger partial charge is 0.372 e. The lowest BCUT2D eigenvalue weighted by Crippen LogP contribution is -2.15. The van der Waals surface area contributed by atoms with Crippen molar-refractivity contribution in [3.63, 3.8) is 0 Å². The molecule has 0 fully saturated rings. The Hall–Kier alpha value is -0.386. The van der Waals surface area contributed by atoms with Gasteiger partial charge in [0, 0.05) is 0 Å². The van der Waals surface area contributed by atoms with Gasteiger partial charge in [-0.1, -0.05) is 0 Å². The number of benzene rings is 1. The highest BCUT2D eigenvalue weighted by Crippen LogP contribution is 2.26. The van der Waals surface area contributed by atoms with E-state index in [0.29, 0.717) is 0 Å². The molecule has 1 aromatic rings. The maximum atomic E-state index is 3.50. The average Bonchev–Trinajstić information content (AvgIpc) is 2.28. The molecule has 0 radical (unpaired) electrons. The molecule has 0 aromatic heterocycles. The maximum Gasteiger partial charge on any atom is 0.0846 e. The van der Waals surface area contributed by atoms with Crippen molar-refractivity contribution in [2.75, 3.05) is 0 Å². The van der Waals surface area contributed by atoms with Crippen LogP contribution in [0, 0.1) is 34.6 Å². The van der Waals surface area contributed by atoms with Crippen LogP contribution >= 0.6 is 0 Å². The molecular weight excluding hydrogens is 226 g/mol. The van der Waals surface area contributed by atoms with Crippen LogP contribution in [0.15, 0.2) is 0 Å². The molecule has 0 amide bonds. The SMILES string of the molecule is Cc1c(C)c(C)c(CC[SiH2]N[SiH3])c(C)c1C. The molecule has 3 heteroatoms. The highest BCUT2D eigenvalue weighted by atomic mass is 28.3. The van der Waals surface area contributed by atoms with Gasteiger partial charge in [0.15, 0.2) is 0 Å². The van der Waals surface area contributed by atoms with E-state index < -0.39 is 0 Å². The molecule has 0 atom stereocenters. The van der Waals surface area contributed by atoms with Crippen LogP contribution in [0.4, 0.5) is 0 Å². The molecule has 0 aliphatic heterocycles. The van der Waals surface area contributed by atoms with Crippen molar-refractivity contribution in [3.8, 4) is 0 Å². The van der Waals surface area contributed by atoms with Gasteiger partial charge in [-0.05, 0) is 80.5 Å². The fraction of sp³-hybridized carbons (Fsp3) is 0.538. The van der Waals surface area contributed by atoms with Crippen LogP contribution in [-0.4, -0.2) is 20.1 Å². The predicted octanol–water partition coefficient (Wildman–Crippen LogP) is 1.14. The van der Waals surface area contributed by atoms with Crippen molar-refractivity contribution in [1.82, 2.24) is 4.65 Å². The first-order chi connectivity index (χ1) is 7.50. The van der Waals surface area contributed by atoms with E-state index in [4.69, 9.17) is 0 Å². The fourth-order valence-corrected chi connectivity index (χ4v) is 4.34. The van der Waals surface area contributed by atoms with Crippen LogP contribution in [0.2, 0.25) is 6.04 Å². The smallest absolute Gasteiger partial charge is 0.0846 e. The van der Waals surface area contributed by atoms with Gasteiger partial charge in [-0.3, -0.25) is 0 Å². The number of hydrogen-bond donors (Lipinski definition) is 1. The lowest BCUT2D eigenvalue weighted by Gasteiger charge is -2.18. The van der Waals surface area contributed by atoms with Crippen LogP contribution < -0.4 is 4.65 Å². The van der Waals surface area contributed by atoms with Crippen LogP contribution in [0.3, 0.4) is 0 Å². The molecule has 0 bridgehead atoms. The minimum atomic E-state index is 0.0234. The third-order valence-electron chi connectivity index (χ3n) is 4.01. The van der Waals surface area contributed by atoms with Gasteiger partial charge in [0.2, 0.25) is 0 Å². The van der Waals surface area contributed by atoms with Crippen LogP contribution in [0.1, 0.15) is 33.4 Å². The van der Waals surface area contributed by atoms with E-state index in [1.165, 1.54) is 50.7 Å². The quantitative estimate of drug-likeness (QED) is 0.625.